The molecule has 4 heteroatoms. The largest absolute Gasteiger partial charge is 0.478 e. The van der Waals surface area contributed by atoms with Gasteiger partial charge in [-0.3, -0.25) is 0 Å². The molecule has 0 saturated heterocycles. The van der Waals surface area contributed by atoms with Gasteiger partial charge >= 0.3 is 5.97 Å². The second-order valence-corrected chi connectivity index (χ2v) is 5.32. The van der Waals surface area contributed by atoms with Crippen LogP contribution < -0.4 is 0 Å². The van der Waals surface area contributed by atoms with Gasteiger partial charge < -0.3 is 9.67 Å². The van der Waals surface area contributed by atoms with Gasteiger partial charge in [0.15, 0.2) is 0 Å². The number of rotatable bonds is 7. The molecule has 1 heterocycles. The monoisotopic (exact) mass is 274 g/mol. The molecule has 0 aliphatic carbocycles. The highest BCUT2D eigenvalue weighted by molar-refractivity contribution is 5.92. The van der Waals surface area contributed by atoms with Crippen LogP contribution in [0.25, 0.3) is 11.0 Å². The van der Waals surface area contributed by atoms with Crippen LogP contribution in [0.5, 0.6) is 0 Å². The predicted octanol–water partition coefficient (Wildman–Crippen LogP) is 3.95. The van der Waals surface area contributed by atoms with Crippen LogP contribution in [-0.4, -0.2) is 20.6 Å². The van der Waals surface area contributed by atoms with Crippen molar-refractivity contribution in [2.24, 2.45) is 5.92 Å². The number of hydrogen-bond acceptors (Lipinski definition) is 2. The number of unbranched alkanes of at least 4 members (excludes halogenated alkanes) is 1. The summed E-state index contributed by atoms with van der Waals surface area (Å²) >= 11 is 0. The van der Waals surface area contributed by atoms with Crippen LogP contribution in [0.1, 0.15) is 49.9 Å². The summed E-state index contributed by atoms with van der Waals surface area (Å²) in [5.74, 6) is -0.265. The standard InChI is InChI=1S/C16H22N2O2/c1-3-5-6-12(4-2)10-18-11-17-14-8-7-13(16(19)20)9-15(14)18/h7-9,11-12H,3-6,10H2,1-2H3,(H,19,20). The first kappa shape index (κ1) is 14.6. The molecule has 108 valence electrons. The van der Waals surface area contributed by atoms with Crippen molar-refractivity contribution in [3.8, 4) is 0 Å². The van der Waals surface area contributed by atoms with Gasteiger partial charge in [0.25, 0.3) is 0 Å². The Morgan fingerprint density at radius 2 is 2.20 bits per heavy atom. The molecule has 0 aliphatic rings. The number of carboxylic acid groups (broad SMARTS) is 1. The molecule has 1 aromatic carbocycles. The Bertz CT molecular complexity index is 589. The van der Waals surface area contributed by atoms with Gasteiger partial charge in [-0.25, -0.2) is 9.78 Å². The topological polar surface area (TPSA) is 55.1 Å². The van der Waals surface area contributed by atoms with Gasteiger partial charge in [0, 0.05) is 6.54 Å². The quantitative estimate of drug-likeness (QED) is 0.831. The SMILES string of the molecule is CCCCC(CC)Cn1cnc2ccc(C(=O)O)cc21. The lowest BCUT2D eigenvalue weighted by Gasteiger charge is -2.15. The Morgan fingerprint density at radius 1 is 1.40 bits per heavy atom. The fourth-order valence-electron chi connectivity index (χ4n) is 2.53. The normalized spacial score (nSPS) is 12.7. The fourth-order valence-corrected chi connectivity index (χ4v) is 2.53. The van der Waals surface area contributed by atoms with Crippen LogP contribution in [0.3, 0.4) is 0 Å². The summed E-state index contributed by atoms with van der Waals surface area (Å²) in [7, 11) is 0. The molecule has 1 aromatic heterocycles. The number of fused-ring (bicyclic) bond motifs is 1. The van der Waals surface area contributed by atoms with Gasteiger partial charge in [0.1, 0.15) is 0 Å². The van der Waals surface area contributed by atoms with E-state index in [-0.39, 0.29) is 0 Å². The van der Waals surface area contributed by atoms with E-state index in [4.69, 9.17) is 5.11 Å². The smallest absolute Gasteiger partial charge is 0.335 e. The summed E-state index contributed by atoms with van der Waals surface area (Å²) in [6.07, 6.45) is 6.63. The summed E-state index contributed by atoms with van der Waals surface area (Å²) < 4.78 is 2.09. The van der Waals surface area contributed by atoms with Gasteiger partial charge in [-0.1, -0.05) is 33.1 Å². The number of hydrogen-bond donors (Lipinski definition) is 1. The van der Waals surface area contributed by atoms with Crippen molar-refractivity contribution in [3.05, 3.63) is 30.1 Å². The number of aromatic carboxylic acids is 1. The molecule has 0 aliphatic heterocycles. The summed E-state index contributed by atoms with van der Waals surface area (Å²) in [4.78, 5) is 15.4. The van der Waals surface area contributed by atoms with E-state index in [0.29, 0.717) is 11.5 Å². The van der Waals surface area contributed by atoms with Gasteiger partial charge in [-0.2, -0.15) is 0 Å². The lowest BCUT2D eigenvalue weighted by molar-refractivity contribution is 0.0697. The van der Waals surface area contributed by atoms with Gasteiger partial charge in [-0.15, -0.1) is 0 Å². The van der Waals surface area contributed by atoms with E-state index >= 15 is 0 Å². The zero-order valence-corrected chi connectivity index (χ0v) is 12.2. The molecular weight excluding hydrogens is 252 g/mol. The number of nitrogens with zero attached hydrogens (tertiary/aromatic N) is 2. The predicted molar refractivity (Wildman–Crippen MR) is 80.0 cm³/mol. The van der Waals surface area contributed by atoms with Crippen LogP contribution >= 0.6 is 0 Å². The first-order valence-corrected chi connectivity index (χ1v) is 7.33. The van der Waals surface area contributed by atoms with Gasteiger partial charge in [-0.05, 0) is 30.5 Å². The molecule has 0 saturated carbocycles. The Hall–Kier alpha value is -1.84. The Morgan fingerprint density at radius 3 is 2.85 bits per heavy atom. The number of carbonyl (C=O) groups is 1. The van der Waals surface area contributed by atoms with E-state index in [1.807, 2.05) is 6.33 Å². The minimum atomic E-state index is -0.891. The molecule has 0 spiro atoms. The number of benzene rings is 1. The van der Waals surface area contributed by atoms with E-state index in [1.54, 1.807) is 18.2 Å². The number of aromatic nitrogens is 2. The second kappa shape index (κ2) is 6.55. The summed E-state index contributed by atoms with van der Waals surface area (Å²) in [6, 6.07) is 5.11. The van der Waals surface area contributed by atoms with Crippen molar-refractivity contribution in [2.75, 3.05) is 0 Å². The minimum absolute atomic E-state index is 0.320. The maximum Gasteiger partial charge on any atom is 0.335 e. The maximum absolute atomic E-state index is 11.1. The molecule has 0 bridgehead atoms. The Balaban J connectivity index is 2.24. The molecule has 4 nitrogen and oxygen atoms in total. The molecule has 20 heavy (non-hydrogen) atoms. The maximum atomic E-state index is 11.1. The number of carboxylic acids is 1. The molecule has 1 N–H and O–H groups in total. The van der Waals surface area contributed by atoms with Crippen molar-refractivity contribution < 1.29 is 9.90 Å². The Labute approximate surface area is 119 Å². The fraction of sp³-hybridized carbons (Fsp3) is 0.500. The highest BCUT2D eigenvalue weighted by Crippen LogP contribution is 2.20. The molecule has 1 unspecified atom stereocenters. The average Bonchev–Trinajstić information content (AvgIpc) is 2.85. The third kappa shape index (κ3) is 3.18. The van der Waals surface area contributed by atoms with E-state index in [0.717, 1.165) is 24.0 Å². The lowest BCUT2D eigenvalue weighted by atomic mass is 9.99. The third-order valence-corrected chi connectivity index (χ3v) is 3.87. The van der Waals surface area contributed by atoms with Crippen molar-refractivity contribution >= 4 is 17.0 Å². The molecule has 0 amide bonds. The summed E-state index contributed by atoms with van der Waals surface area (Å²) in [5, 5.41) is 9.09. The number of imidazole rings is 1. The third-order valence-electron chi connectivity index (χ3n) is 3.87. The first-order valence-electron chi connectivity index (χ1n) is 7.33. The van der Waals surface area contributed by atoms with E-state index in [2.05, 4.69) is 23.4 Å². The summed E-state index contributed by atoms with van der Waals surface area (Å²) in [6.45, 7) is 5.33. The molecule has 0 fully saturated rings. The minimum Gasteiger partial charge on any atom is -0.478 e. The van der Waals surface area contributed by atoms with Crippen LogP contribution in [0.2, 0.25) is 0 Å². The second-order valence-electron chi connectivity index (χ2n) is 5.32. The van der Waals surface area contributed by atoms with Crippen LogP contribution in [0.15, 0.2) is 24.5 Å². The lowest BCUT2D eigenvalue weighted by Crippen LogP contribution is -2.09. The van der Waals surface area contributed by atoms with Gasteiger partial charge in [0.05, 0.1) is 22.9 Å². The van der Waals surface area contributed by atoms with Crippen molar-refractivity contribution in [1.82, 2.24) is 9.55 Å². The van der Waals surface area contributed by atoms with Crippen molar-refractivity contribution in [3.63, 3.8) is 0 Å². The van der Waals surface area contributed by atoms with E-state index < -0.39 is 5.97 Å². The first-order chi connectivity index (χ1) is 9.65. The molecular formula is C16H22N2O2. The summed E-state index contributed by atoms with van der Waals surface area (Å²) in [5.41, 5.74) is 2.10. The van der Waals surface area contributed by atoms with E-state index in [1.165, 1.54) is 19.3 Å². The van der Waals surface area contributed by atoms with Gasteiger partial charge in [0.2, 0.25) is 0 Å². The van der Waals surface area contributed by atoms with Crippen LogP contribution in [0, 0.1) is 5.92 Å². The Kier molecular flexibility index (Phi) is 4.77. The highest BCUT2D eigenvalue weighted by Gasteiger charge is 2.11. The van der Waals surface area contributed by atoms with E-state index in [9.17, 15) is 4.79 Å². The molecule has 0 radical (unpaired) electrons. The molecule has 2 aromatic rings. The zero-order valence-electron chi connectivity index (χ0n) is 12.2. The molecule has 1 atom stereocenters. The molecule has 2 rings (SSSR count). The van der Waals surface area contributed by atoms with Crippen molar-refractivity contribution in [2.45, 2.75) is 46.1 Å². The average molecular weight is 274 g/mol. The van der Waals surface area contributed by atoms with Crippen LogP contribution in [0.4, 0.5) is 0 Å². The highest BCUT2D eigenvalue weighted by atomic mass is 16.4. The van der Waals surface area contributed by atoms with Crippen molar-refractivity contribution in [1.29, 1.82) is 0 Å². The zero-order chi connectivity index (χ0) is 14.5. The van der Waals surface area contributed by atoms with Crippen LogP contribution in [-0.2, 0) is 6.54 Å².